The topological polar surface area (TPSA) is 93.5 Å². The van der Waals surface area contributed by atoms with E-state index in [2.05, 4.69) is 10.4 Å². The third-order valence-electron chi connectivity index (χ3n) is 4.61. The Kier molecular flexibility index (Phi) is 4.63. The monoisotopic (exact) mass is 339 g/mol. The van der Waals surface area contributed by atoms with Gasteiger partial charge >= 0.3 is 5.97 Å². The zero-order valence-electron chi connectivity index (χ0n) is 13.1. The van der Waals surface area contributed by atoms with E-state index in [1.165, 1.54) is 6.20 Å². The lowest BCUT2D eigenvalue weighted by Crippen LogP contribution is -2.54. The number of thioether (sulfide) groups is 1. The van der Waals surface area contributed by atoms with Crippen LogP contribution in [0.1, 0.15) is 41.4 Å². The molecule has 2 aliphatic heterocycles. The Morgan fingerprint density at radius 3 is 2.83 bits per heavy atom. The number of aliphatic carboxylic acids is 1. The third kappa shape index (κ3) is 3.10. The van der Waals surface area contributed by atoms with E-state index >= 15 is 0 Å². The molecule has 1 unspecified atom stereocenters. The van der Waals surface area contributed by atoms with Gasteiger partial charge in [0.2, 0.25) is 0 Å². The molecule has 3 rings (SSSR count). The quantitative estimate of drug-likeness (QED) is 0.857. The summed E-state index contributed by atoms with van der Waals surface area (Å²) in [6, 6.07) is 0.237. The van der Waals surface area contributed by atoms with Crippen molar-refractivity contribution in [3.05, 3.63) is 17.5 Å². The first-order valence-electron chi connectivity index (χ1n) is 7.79. The summed E-state index contributed by atoms with van der Waals surface area (Å²) in [6.07, 6.45) is 3.74. The number of nitrogens with zero attached hydrogens (tertiary/aromatic N) is 2. The van der Waals surface area contributed by atoms with E-state index in [1.54, 1.807) is 11.8 Å². The van der Waals surface area contributed by atoms with Crippen LogP contribution in [0.15, 0.2) is 6.20 Å². The molecule has 1 aromatic heterocycles. The Bertz CT molecular complexity index is 604. The SMILES string of the molecule is Cc1c(C(=O)NC2(C(=O)O)CCSC2)cnn1C1CCOCC1. The van der Waals surface area contributed by atoms with Crippen LogP contribution in [0, 0.1) is 6.92 Å². The van der Waals surface area contributed by atoms with Crippen molar-refractivity contribution < 1.29 is 19.4 Å². The smallest absolute Gasteiger partial charge is 0.330 e. The summed E-state index contributed by atoms with van der Waals surface area (Å²) >= 11 is 1.55. The van der Waals surface area contributed by atoms with Crippen molar-refractivity contribution in [2.75, 3.05) is 24.7 Å². The van der Waals surface area contributed by atoms with E-state index in [-0.39, 0.29) is 11.9 Å². The number of ether oxygens (including phenoxy) is 1. The molecule has 8 heteroatoms. The zero-order chi connectivity index (χ0) is 16.4. The number of amides is 1. The number of aromatic nitrogens is 2. The van der Waals surface area contributed by atoms with Gasteiger partial charge in [-0.1, -0.05) is 0 Å². The Labute approximate surface area is 138 Å². The van der Waals surface area contributed by atoms with Gasteiger partial charge in [0.05, 0.1) is 17.8 Å². The maximum absolute atomic E-state index is 12.6. The van der Waals surface area contributed by atoms with Crippen molar-refractivity contribution in [1.29, 1.82) is 0 Å². The lowest BCUT2D eigenvalue weighted by molar-refractivity contribution is -0.143. The molecular weight excluding hydrogens is 318 g/mol. The summed E-state index contributed by atoms with van der Waals surface area (Å²) in [4.78, 5) is 24.1. The van der Waals surface area contributed by atoms with E-state index < -0.39 is 11.5 Å². The Morgan fingerprint density at radius 1 is 1.48 bits per heavy atom. The molecule has 0 saturated carbocycles. The number of hydrogen-bond donors (Lipinski definition) is 2. The number of carboxylic acids is 1. The van der Waals surface area contributed by atoms with E-state index in [9.17, 15) is 14.7 Å². The standard InChI is InChI=1S/C15H21N3O4S/c1-10-12(8-16-18(10)11-2-5-22-6-3-11)13(19)17-15(14(20)21)4-7-23-9-15/h8,11H,2-7,9H2,1H3,(H,17,19)(H,20,21). The average molecular weight is 339 g/mol. The van der Waals surface area contributed by atoms with Gasteiger partial charge in [-0.25, -0.2) is 4.79 Å². The van der Waals surface area contributed by atoms with Crippen LogP contribution in [0.25, 0.3) is 0 Å². The highest BCUT2D eigenvalue weighted by molar-refractivity contribution is 7.99. The molecule has 2 saturated heterocycles. The van der Waals surface area contributed by atoms with Crippen molar-refractivity contribution in [3.8, 4) is 0 Å². The minimum absolute atomic E-state index is 0.237. The molecule has 0 spiro atoms. The summed E-state index contributed by atoms with van der Waals surface area (Å²) in [6.45, 7) is 3.25. The van der Waals surface area contributed by atoms with E-state index in [4.69, 9.17) is 4.74 Å². The molecule has 0 aliphatic carbocycles. The molecule has 1 atom stereocenters. The van der Waals surface area contributed by atoms with Crippen LogP contribution in [-0.2, 0) is 9.53 Å². The van der Waals surface area contributed by atoms with Crippen LogP contribution < -0.4 is 5.32 Å². The Hall–Kier alpha value is -1.54. The highest BCUT2D eigenvalue weighted by Crippen LogP contribution is 2.29. The zero-order valence-corrected chi connectivity index (χ0v) is 13.9. The molecule has 23 heavy (non-hydrogen) atoms. The maximum atomic E-state index is 12.6. The van der Waals surface area contributed by atoms with Crippen molar-refractivity contribution in [3.63, 3.8) is 0 Å². The number of carboxylic acid groups (broad SMARTS) is 1. The number of nitrogens with one attached hydrogen (secondary N) is 1. The number of rotatable bonds is 4. The Balaban J connectivity index is 1.77. The van der Waals surface area contributed by atoms with Crippen molar-refractivity contribution >= 4 is 23.6 Å². The second-order valence-electron chi connectivity index (χ2n) is 6.08. The van der Waals surface area contributed by atoms with Gasteiger partial charge in [-0.2, -0.15) is 16.9 Å². The summed E-state index contributed by atoms with van der Waals surface area (Å²) < 4.78 is 7.22. The highest BCUT2D eigenvalue weighted by Gasteiger charge is 2.43. The summed E-state index contributed by atoms with van der Waals surface area (Å²) in [7, 11) is 0. The molecule has 126 valence electrons. The Morgan fingerprint density at radius 2 is 2.22 bits per heavy atom. The van der Waals surface area contributed by atoms with E-state index in [0.29, 0.717) is 31.0 Å². The molecule has 0 aromatic carbocycles. The highest BCUT2D eigenvalue weighted by atomic mass is 32.2. The molecule has 1 aromatic rings. The van der Waals surface area contributed by atoms with Gasteiger partial charge in [0, 0.05) is 24.7 Å². The first-order valence-corrected chi connectivity index (χ1v) is 8.94. The minimum Gasteiger partial charge on any atom is -0.479 e. The van der Waals surface area contributed by atoms with E-state index in [0.717, 1.165) is 24.3 Å². The van der Waals surface area contributed by atoms with Gasteiger partial charge < -0.3 is 15.2 Å². The second-order valence-corrected chi connectivity index (χ2v) is 7.18. The largest absolute Gasteiger partial charge is 0.479 e. The first-order chi connectivity index (χ1) is 11.0. The van der Waals surface area contributed by atoms with Crippen LogP contribution in [0.2, 0.25) is 0 Å². The molecule has 0 bridgehead atoms. The van der Waals surface area contributed by atoms with Gasteiger partial charge in [-0.15, -0.1) is 0 Å². The second kappa shape index (κ2) is 6.52. The average Bonchev–Trinajstić information content (AvgIpc) is 3.16. The van der Waals surface area contributed by atoms with Gasteiger partial charge in [-0.05, 0) is 31.9 Å². The fraction of sp³-hybridized carbons (Fsp3) is 0.667. The van der Waals surface area contributed by atoms with Crippen molar-refractivity contribution in [2.24, 2.45) is 0 Å². The fourth-order valence-corrected chi connectivity index (χ4v) is 4.44. The van der Waals surface area contributed by atoms with Gasteiger partial charge in [0.15, 0.2) is 0 Å². The van der Waals surface area contributed by atoms with Gasteiger partial charge in [-0.3, -0.25) is 9.48 Å². The van der Waals surface area contributed by atoms with Gasteiger partial charge in [0.1, 0.15) is 5.54 Å². The first kappa shape index (κ1) is 16.3. The number of carbonyl (C=O) groups excluding carboxylic acids is 1. The summed E-state index contributed by atoms with van der Waals surface area (Å²) in [5, 5.41) is 16.6. The van der Waals surface area contributed by atoms with Crippen molar-refractivity contribution in [2.45, 2.75) is 37.8 Å². The summed E-state index contributed by atoms with van der Waals surface area (Å²) in [5.41, 5.74) is 0.0733. The summed E-state index contributed by atoms with van der Waals surface area (Å²) in [5.74, 6) is -0.176. The molecule has 1 amide bonds. The van der Waals surface area contributed by atoms with E-state index in [1.807, 2.05) is 11.6 Å². The molecular formula is C15H21N3O4S. The molecule has 3 heterocycles. The minimum atomic E-state index is -1.16. The molecule has 7 nitrogen and oxygen atoms in total. The fourth-order valence-electron chi connectivity index (χ4n) is 3.11. The lowest BCUT2D eigenvalue weighted by atomic mass is 9.98. The van der Waals surface area contributed by atoms with Crippen LogP contribution in [0.5, 0.6) is 0 Å². The predicted molar refractivity (Wildman–Crippen MR) is 85.8 cm³/mol. The molecule has 0 radical (unpaired) electrons. The molecule has 2 fully saturated rings. The van der Waals surface area contributed by atoms with Crippen LogP contribution >= 0.6 is 11.8 Å². The normalized spacial score (nSPS) is 25.4. The van der Waals surface area contributed by atoms with Crippen LogP contribution in [0.4, 0.5) is 0 Å². The third-order valence-corrected chi connectivity index (χ3v) is 5.80. The number of carbonyl (C=O) groups is 2. The van der Waals surface area contributed by atoms with Crippen LogP contribution in [-0.4, -0.2) is 57.0 Å². The molecule has 2 N–H and O–H groups in total. The lowest BCUT2D eigenvalue weighted by Gasteiger charge is -2.25. The maximum Gasteiger partial charge on any atom is 0.330 e. The molecule has 2 aliphatic rings. The predicted octanol–water partition coefficient (Wildman–Crippen LogP) is 1.23. The number of hydrogen-bond acceptors (Lipinski definition) is 5. The van der Waals surface area contributed by atoms with Crippen molar-refractivity contribution in [1.82, 2.24) is 15.1 Å². The van der Waals surface area contributed by atoms with Crippen LogP contribution in [0.3, 0.4) is 0 Å². The van der Waals surface area contributed by atoms with Gasteiger partial charge in [0.25, 0.3) is 5.91 Å².